The van der Waals surface area contributed by atoms with Gasteiger partial charge >= 0.3 is 0 Å². The van der Waals surface area contributed by atoms with Crippen LogP contribution < -0.4 is 10.5 Å². The van der Waals surface area contributed by atoms with Gasteiger partial charge in [0.25, 0.3) is 0 Å². The largest absolute Gasteiger partial charge is 0.378 e. The first-order valence-electron chi connectivity index (χ1n) is 7.46. The van der Waals surface area contributed by atoms with Gasteiger partial charge in [0.05, 0.1) is 11.0 Å². The third-order valence-corrected chi connectivity index (χ3v) is 5.46. The lowest BCUT2D eigenvalue weighted by Crippen LogP contribution is -2.47. The van der Waals surface area contributed by atoms with Gasteiger partial charge in [0.15, 0.2) is 0 Å². The second kappa shape index (κ2) is 6.87. The molecular formula is C15H24N2O3S. The van der Waals surface area contributed by atoms with Crippen molar-refractivity contribution in [3.05, 3.63) is 29.3 Å². The summed E-state index contributed by atoms with van der Waals surface area (Å²) in [4.78, 5) is 0.354. The van der Waals surface area contributed by atoms with Crippen LogP contribution in [-0.4, -0.2) is 27.2 Å². The number of rotatable bonds is 7. The quantitative estimate of drug-likeness (QED) is 0.800. The summed E-state index contributed by atoms with van der Waals surface area (Å²) in [6, 6.07) is 5.38. The average molecular weight is 312 g/mol. The Morgan fingerprint density at radius 1 is 1.33 bits per heavy atom. The molecule has 0 saturated heterocycles. The summed E-state index contributed by atoms with van der Waals surface area (Å²) in [6.07, 6.45) is 2.34. The predicted molar refractivity (Wildman–Crippen MR) is 82.5 cm³/mol. The van der Waals surface area contributed by atoms with Crippen molar-refractivity contribution in [2.24, 2.45) is 5.73 Å². The van der Waals surface area contributed by atoms with E-state index < -0.39 is 10.0 Å². The molecule has 1 aliphatic rings. The van der Waals surface area contributed by atoms with Crippen LogP contribution in [-0.2, 0) is 27.7 Å². The van der Waals surface area contributed by atoms with Gasteiger partial charge in [-0.25, -0.2) is 13.1 Å². The maximum atomic E-state index is 12.6. The maximum Gasteiger partial charge on any atom is 0.241 e. The average Bonchev–Trinajstić information content (AvgIpc) is 2.44. The van der Waals surface area contributed by atoms with Crippen LogP contribution in [0, 0.1) is 0 Å². The molecule has 3 N–H and O–H groups in total. The third-order valence-electron chi connectivity index (χ3n) is 3.86. The van der Waals surface area contributed by atoms with Crippen LogP contribution >= 0.6 is 0 Å². The van der Waals surface area contributed by atoms with E-state index in [2.05, 4.69) is 4.72 Å². The topological polar surface area (TPSA) is 81.4 Å². The fourth-order valence-electron chi connectivity index (χ4n) is 2.58. The fourth-order valence-corrected chi connectivity index (χ4v) is 4.21. The van der Waals surface area contributed by atoms with Gasteiger partial charge in [0.2, 0.25) is 10.0 Å². The molecule has 1 aromatic rings. The Hall–Kier alpha value is -0.950. The van der Waals surface area contributed by atoms with Gasteiger partial charge in [-0.2, -0.15) is 0 Å². The molecule has 0 bridgehead atoms. The normalized spacial score (nSPS) is 22.0. The Morgan fingerprint density at radius 3 is 2.62 bits per heavy atom. The summed E-state index contributed by atoms with van der Waals surface area (Å²) in [7, 11) is -3.50. The first-order valence-corrected chi connectivity index (χ1v) is 8.94. The van der Waals surface area contributed by atoms with Crippen molar-refractivity contribution in [3.63, 3.8) is 0 Å². The Balaban J connectivity index is 2.12. The van der Waals surface area contributed by atoms with E-state index in [1.807, 2.05) is 26.0 Å². The van der Waals surface area contributed by atoms with Crippen LogP contribution in [0.15, 0.2) is 23.1 Å². The number of nitrogens with two attached hydrogens (primary N) is 1. The van der Waals surface area contributed by atoms with Crippen molar-refractivity contribution in [3.8, 4) is 0 Å². The van der Waals surface area contributed by atoms with Crippen molar-refractivity contribution < 1.29 is 13.2 Å². The summed E-state index contributed by atoms with van der Waals surface area (Å²) in [5, 5.41) is 0. The van der Waals surface area contributed by atoms with Crippen LogP contribution in [0.2, 0.25) is 0 Å². The van der Waals surface area contributed by atoms with Gasteiger partial charge in [-0.3, -0.25) is 0 Å². The Labute approximate surface area is 126 Å². The second-order valence-corrected chi connectivity index (χ2v) is 7.05. The molecule has 0 aliphatic heterocycles. The zero-order chi connectivity index (χ0) is 15.5. The Bertz CT molecular complexity index is 581. The van der Waals surface area contributed by atoms with Gasteiger partial charge in [0, 0.05) is 19.2 Å². The van der Waals surface area contributed by atoms with Gasteiger partial charge in [-0.05, 0) is 43.4 Å². The molecule has 0 spiro atoms. The molecule has 0 aromatic heterocycles. The molecule has 0 heterocycles. The zero-order valence-corrected chi connectivity index (χ0v) is 13.4. The predicted octanol–water partition coefficient (Wildman–Crippen LogP) is 1.55. The molecule has 2 rings (SSSR count). The summed E-state index contributed by atoms with van der Waals surface area (Å²) in [6.45, 7) is 4.90. The van der Waals surface area contributed by atoms with Gasteiger partial charge < -0.3 is 10.5 Å². The van der Waals surface area contributed by atoms with Gasteiger partial charge in [-0.15, -0.1) is 0 Å². The number of ether oxygens (including phenoxy) is 1. The molecule has 1 saturated carbocycles. The highest BCUT2D eigenvalue weighted by molar-refractivity contribution is 7.89. The maximum absolute atomic E-state index is 12.6. The lowest BCUT2D eigenvalue weighted by atomic mass is 9.90. The summed E-state index contributed by atoms with van der Waals surface area (Å²) in [5.74, 6) is 0. The molecule has 5 nitrogen and oxygen atoms in total. The molecule has 1 aliphatic carbocycles. The molecule has 118 valence electrons. The molecule has 0 amide bonds. The molecular weight excluding hydrogens is 288 g/mol. The van der Waals surface area contributed by atoms with E-state index in [1.165, 1.54) is 0 Å². The van der Waals surface area contributed by atoms with Crippen LogP contribution in [0.1, 0.15) is 37.8 Å². The van der Waals surface area contributed by atoms with Gasteiger partial charge in [0.1, 0.15) is 0 Å². The van der Waals surface area contributed by atoms with Crippen LogP contribution in [0.3, 0.4) is 0 Å². The fraction of sp³-hybridized carbons (Fsp3) is 0.600. The molecule has 21 heavy (non-hydrogen) atoms. The smallest absolute Gasteiger partial charge is 0.241 e. The molecule has 0 radical (unpaired) electrons. The number of benzene rings is 1. The summed E-state index contributed by atoms with van der Waals surface area (Å²) < 4.78 is 33.3. The Morgan fingerprint density at radius 2 is 2.05 bits per heavy atom. The van der Waals surface area contributed by atoms with E-state index in [1.54, 1.807) is 6.07 Å². The van der Waals surface area contributed by atoms with Crippen LogP contribution in [0.25, 0.3) is 0 Å². The highest BCUT2D eigenvalue weighted by Gasteiger charge is 2.33. The molecule has 0 unspecified atom stereocenters. The minimum atomic E-state index is -3.50. The minimum Gasteiger partial charge on any atom is -0.378 e. The third kappa shape index (κ3) is 3.83. The van der Waals surface area contributed by atoms with Gasteiger partial charge in [-0.1, -0.05) is 19.1 Å². The lowest BCUT2D eigenvalue weighted by molar-refractivity contribution is -0.00476. The standard InChI is InChI=1S/C15H24N2O3S/c1-3-12-6-5-11(10-16)7-15(12)21(18,19)17-13-8-14(9-13)20-4-2/h5-7,13-14,17H,3-4,8-10,16H2,1-2H3. The van der Waals surface area contributed by atoms with Crippen molar-refractivity contribution in [1.82, 2.24) is 4.72 Å². The molecule has 6 heteroatoms. The Kier molecular flexibility index (Phi) is 5.37. The monoisotopic (exact) mass is 312 g/mol. The van der Waals surface area contributed by atoms with E-state index in [9.17, 15) is 8.42 Å². The van der Waals surface area contributed by atoms with Crippen molar-refractivity contribution in [2.45, 2.75) is 56.7 Å². The van der Waals surface area contributed by atoms with Crippen LogP contribution in [0.4, 0.5) is 0 Å². The number of hydrogen-bond donors (Lipinski definition) is 2. The van der Waals surface area contributed by atoms with Crippen molar-refractivity contribution in [2.75, 3.05) is 6.61 Å². The first-order chi connectivity index (χ1) is 10.00. The van der Waals surface area contributed by atoms with E-state index in [-0.39, 0.29) is 12.1 Å². The van der Waals surface area contributed by atoms with Crippen molar-refractivity contribution in [1.29, 1.82) is 0 Å². The van der Waals surface area contributed by atoms with E-state index in [4.69, 9.17) is 10.5 Å². The highest BCUT2D eigenvalue weighted by atomic mass is 32.2. The van der Waals surface area contributed by atoms with Crippen LogP contribution in [0.5, 0.6) is 0 Å². The minimum absolute atomic E-state index is 0.0298. The molecule has 1 fully saturated rings. The number of nitrogens with one attached hydrogen (secondary N) is 1. The summed E-state index contributed by atoms with van der Waals surface area (Å²) >= 11 is 0. The number of hydrogen-bond acceptors (Lipinski definition) is 4. The van der Waals surface area contributed by atoms with E-state index >= 15 is 0 Å². The molecule has 1 aromatic carbocycles. The second-order valence-electron chi connectivity index (χ2n) is 5.37. The SMILES string of the molecule is CCOC1CC(NS(=O)(=O)c2cc(CN)ccc2CC)C1. The van der Waals surface area contributed by atoms with Crippen molar-refractivity contribution >= 4 is 10.0 Å². The number of sulfonamides is 1. The highest BCUT2D eigenvalue weighted by Crippen LogP contribution is 2.26. The first kappa shape index (κ1) is 16.4. The lowest BCUT2D eigenvalue weighted by Gasteiger charge is -2.35. The molecule has 0 atom stereocenters. The van der Waals surface area contributed by atoms with E-state index in [0.29, 0.717) is 24.5 Å². The zero-order valence-electron chi connectivity index (χ0n) is 12.6. The summed E-state index contributed by atoms with van der Waals surface area (Å²) in [5.41, 5.74) is 7.26. The number of aryl methyl sites for hydroxylation is 1. The van der Waals surface area contributed by atoms with E-state index in [0.717, 1.165) is 24.0 Å².